The molecule has 2 aromatic carbocycles. The third kappa shape index (κ3) is 4.20. The molecule has 0 saturated heterocycles. The molecule has 1 saturated carbocycles. The summed E-state index contributed by atoms with van der Waals surface area (Å²) in [5, 5.41) is 0. The van der Waals surface area contributed by atoms with Gasteiger partial charge >= 0.3 is 0 Å². The van der Waals surface area contributed by atoms with E-state index in [4.69, 9.17) is 0 Å². The molecule has 7 heteroatoms. The topological polar surface area (TPSA) is 57.7 Å². The van der Waals surface area contributed by atoms with E-state index in [0.29, 0.717) is 17.3 Å². The van der Waals surface area contributed by atoms with Crippen molar-refractivity contribution in [1.29, 1.82) is 0 Å². The summed E-state index contributed by atoms with van der Waals surface area (Å²) < 4.78 is 27.0. The number of hydrogen-bond acceptors (Lipinski definition) is 4. The monoisotopic (exact) mass is 418 g/mol. The molecule has 3 rings (SSSR count). The predicted molar refractivity (Wildman–Crippen MR) is 115 cm³/mol. The average molecular weight is 419 g/mol. The van der Waals surface area contributed by atoms with Crippen LogP contribution in [0.15, 0.2) is 58.3 Å². The van der Waals surface area contributed by atoms with Crippen molar-refractivity contribution in [2.45, 2.75) is 41.5 Å². The van der Waals surface area contributed by atoms with Crippen LogP contribution in [0, 0.1) is 0 Å². The zero-order valence-electron chi connectivity index (χ0n) is 16.5. The van der Waals surface area contributed by atoms with E-state index in [9.17, 15) is 13.2 Å². The first-order valence-corrected chi connectivity index (χ1v) is 12.0. The van der Waals surface area contributed by atoms with Crippen molar-refractivity contribution in [3.63, 3.8) is 0 Å². The normalized spacial score (nSPS) is 14.8. The van der Waals surface area contributed by atoms with E-state index in [-0.39, 0.29) is 10.8 Å². The SMILES string of the molecule is CSc1ccc(S(=O)(=O)N(C)c2ccc(C(=O)N(C)C3CCCC3)cc2)cc1. The van der Waals surface area contributed by atoms with Crippen LogP contribution < -0.4 is 4.31 Å². The molecule has 0 heterocycles. The van der Waals surface area contributed by atoms with E-state index in [1.807, 2.05) is 18.2 Å². The second-order valence-corrected chi connectivity index (χ2v) is 9.90. The van der Waals surface area contributed by atoms with Gasteiger partial charge in [-0.1, -0.05) is 12.8 Å². The fourth-order valence-electron chi connectivity index (χ4n) is 3.52. The molecular weight excluding hydrogens is 392 g/mol. The predicted octanol–water partition coefficient (Wildman–Crippen LogP) is 4.25. The van der Waals surface area contributed by atoms with E-state index in [1.165, 1.54) is 24.2 Å². The van der Waals surface area contributed by atoms with Crippen molar-refractivity contribution in [3.8, 4) is 0 Å². The van der Waals surface area contributed by atoms with Gasteiger partial charge in [-0.15, -0.1) is 11.8 Å². The van der Waals surface area contributed by atoms with Crippen LogP contribution in [0.4, 0.5) is 5.69 Å². The molecule has 2 aromatic rings. The molecular formula is C21H26N2O3S2. The molecule has 150 valence electrons. The molecule has 28 heavy (non-hydrogen) atoms. The maximum Gasteiger partial charge on any atom is 0.264 e. The number of hydrogen-bond donors (Lipinski definition) is 0. The molecule has 5 nitrogen and oxygen atoms in total. The standard InChI is InChI=1S/C21H26N2O3S2/c1-22(17-6-4-5-7-17)21(24)16-8-10-18(11-9-16)23(2)28(25,26)20-14-12-19(27-3)13-15-20/h8-15,17H,4-7H2,1-3H3. The molecule has 1 fully saturated rings. The third-order valence-electron chi connectivity index (χ3n) is 5.39. The minimum Gasteiger partial charge on any atom is -0.339 e. The fraction of sp³-hybridized carbons (Fsp3) is 0.381. The second-order valence-electron chi connectivity index (χ2n) is 7.05. The van der Waals surface area contributed by atoms with E-state index in [2.05, 4.69) is 0 Å². The van der Waals surface area contributed by atoms with Gasteiger partial charge in [0.2, 0.25) is 0 Å². The molecule has 1 aliphatic carbocycles. The van der Waals surface area contributed by atoms with Crippen LogP contribution in [0.3, 0.4) is 0 Å². The number of thioether (sulfide) groups is 1. The summed E-state index contributed by atoms with van der Waals surface area (Å²) in [5.74, 6) is -0.0170. The Bertz CT molecular complexity index is 919. The molecule has 1 aliphatic rings. The van der Waals surface area contributed by atoms with E-state index in [0.717, 1.165) is 17.7 Å². The molecule has 0 aliphatic heterocycles. The highest BCUT2D eigenvalue weighted by Crippen LogP contribution is 2.26. The molecule has 0 bridgehead atoms. The second kappa shape index (κ2) is 8.57. The summed E-state index contributed by atoms with van der Waals surface area (Å²) in [6.45, 7) is 0. The van der Waals surface area contributed by atoms with Crippen LogP contribution in [0.5, 0.6) is 0 Å². The summed E-state index contributed by atoms with van der Waals surface area (Å²) in [5.41, 5.74) is 1.10. The van der Waals surface area contributed by atoms with Gasteiger partial charge in [0.05, 0.1) is 10.6 Å². The van der Waals surface area contributed by atoms with Crippen LogP contribution in [0.25, 0.3) is 0 Å². The van der Waals surface area contributed by atoms with Crippen molar-refractivity contribution in [3.05, 3.63) is 54.1 Å². The number of carbonyl (C=O) groups is 1. The number of rotatable bonds is 6. The van der Waals surface area contributed by atoms with Crippen LogP contribution >= 0.6 is 11.8 Å². The Labute approximate surface area is 171 Å². The lowest BCUT2D eigenvalue weighted by molar-refractivity contribution is 0.0735. The van der Waals surface area contributed by atoms with Gasteiger partial charge in [-0.2, -0.15) is 0 Å². The highest BCUT2D eigenvalue weighted by atomic mass is 32.2. The lowest BCUT2D eigenvalue weighted by Crippen LogP contribution is -2.35. The minimum atomic E-state index is -3.65. The Hall–Kier alpha value is -1.99. The van der Waals surface area contributed by atoms with Crippen molar-refractivity contribution in [1.82, 2.24) is 4.90 Å². The van der Waals surface area contributed by atoms with Crippen LogP contribution in [-0.4, -0.2) is 45.6 Å². The first-order chi connectivity index (χ1) is 13.3. The number of benzene rings is 2. The number of amides is 1. The number of carbonyl (C=O) groups excluding carboxylic acids is 1. The van der Waals surface area contributed by atoms with E-state index >= 15 is 0 Å². The van der Waals surface area contributed by atoms with Crippen LogP contribution in [0.1, 0.15) is 36.0 Å². The Morgan fingerprint density at radius 3 is 2.07 bits per heavy atom. The number of anilines is 1. The summed E-state index contributed by atoms with van der Waals surface area (Å²) in [6, 6.07) is 13.9. The van der Waals surface area contributed by atoms with Crippen LogP contribution in [0.2, 0.25) is 0 Å². The molecule has 0 aromatic heterocycles. The van der Waals surface area contributed by atoms with E-state index in [1.54, 1.807) is 60.3 Å². The summed E-state index contributed by atoms with van der Waals surface area (Å²) >= 11 is 1.56. The van der Waals surface area contributed by atoms with Crippen molar-refractivity contribution in [2.24, 2.45) is 0 Å². The molecule has 0 atom stereocenters. The van der Waals surface area contributed by atoms with Gasteiger partial charge in [0.25, 0.3) is 15.9 Å². The maximum absolute atomic E-state index is 12.9. The molecule has 1 amide bonds. The Kier molecular flexibility index (Phi) is 6.35. The quantitative estimate of drug-likeness (QED) is 0.658. The Morgan fingerprint density at radius 2 is 1.54 bits per heavy atom. The van der Waals surface area contributed by atoms with Crippen molar-refractivity contribution in [2.75, 3.05) is 24.7 Å². The Balaban J connectivity index is 1.77. The molecule has 0 spiro atoms. The van der Waals surface area contributed by atoms with Gasteiger partial charge in [-0.3, -0.25) is 9.10 Å². The first-order valence-electron chi connectivity index (χ1n) is 9.35. The van der Waals surface area contributed by atoms with Crippen molar-refractivity contribution < 1.29 is 13.2 Å². The maximum atomic E-state index is 12.9. The van der Waals surface area contributed by atoms with Gasteiger partial charge in [0, 0.05) is 30.6 Å². The smallest absolute Gasteiger partial charge is 0.264 e. The lowest BCUT2D eigenvalue weighted by Gasteiger charge is -2.25. The summed E-state index contributed by atoms with van der Waals surface area (Å²) in [6.07, 6.45) is 6.39. The van der Waals surface area contributed by atoms with Gasteiger partial charge in [-0.05, 0) is 67.6 Å². The highest BCUT2D eigenvalue weighted by molar-refractivity contribution is 7.98. The van der Waals surface area contributed by atoms with Gasteiger partial charge < -0.3 is 4.90 Å². The third-order valence-corrected chi connectivity index (χ3v) is 7.93. The minimum absolute atomic E-state index is 0.0170. The molecule has 0 unspecified atom stereocenters. The van der Waals surface area contributed by atoms with Crippen LogP contribution in [-0.2, 0) is 10.0 Å². The Morgan fingerprint density at radius 1 is 0.964 bits per heavy atom. The zero-order valence-corrected chi connectivity index (χ0v) is 18.1. The number of sulfonamides is 1. The zero-order chi connectivity index (χ0) is 20.3. The average Bonchev–Trinajstić information content (AvgIpc) is 3.27. The summed E-state index contributed by atoms with van der Waals surface area (Å²) in [7, 11) is -0.275. The largest absolute Gasteiger partial charge is 0.339 e. The van der Waals surface area contributed by atoms with Gasteiger partial charge in [0.15, 0.2) is 0 Å². The number of nitrogens with zero attached hydrogens (tertiary/aromatic N) is 2. The lowest BCUT2D eigenvalue weighted by atomic mass is 10.1. The first kappa shape index (κ1) is 20.7. The molecule has 0 radical (unpaired) electrons. The van der Waals surface area contributed by atoms with Gasteiger partial charge in [-0.25, -0.2) is 8.42 Å². The van der Waals surface area contributed by atoms with Crippen molar-refractivity contribution >= 4 is 33.4 Å². The molecule has 0 N–H and O–H groups in total. The summed E-state index contributed by atoms with van der Waals surface area (Å²) in [4.78, 5) is 15.8. The fourth-order valence-corrected chi connectivity index (χ4v) is 5.12. The van der Waals surface area contributed by atoms with Gasteiger partial charge in [0.1, 0.15) is 0 Å². The van der Waals surface area contributed by atoms with E-state index < -0.39 is 10.0 Å². The highest BCUT2D eigenvalue weighted by Gasteiger charge is 2.25.